The minimum atomic E-state index is -4.25. The molecule has 2 aromatic carbocycles. The van der Waals surface area contributed by atoms with Crippen LogP contribution in [0.25, 0.3) is 0 Å². The summed E-state index contributed by atoms with van der Waals surface area (Å²) in [5, 5.41) is 2.90. The van der Waals surface area contributed by atoms with Crippen LogP contribution in [0.2, 0.25) is 0 Å². The van der Waals surface area contributed by atoms with Crippen LogP contribution in [0.5, 0.6) is 5.75 Å². The van der Waals surface area contributed by atoms with Gasteiger partial charge < -0.3 is 19.7 Å². The van der Waals surface area contributed by atoms with Gasteiger partial charge in [0.2, 0.25) is 11.8 Å². The lowest BCUT2D eigenvalue weighted by atomic mass is 10.0. The second kappa shape index (κ2) is 12.1. The fraction of sp³-hybridized carbons (Fsp3) is 0.310. The van der Waals surface area contributed by atoms with Gasteiger partial charge in [0.15, 0.2) is 0 Å². The lowest BCUT2D eigenvalue weighted by molar-refractivity contribution is -0.141. The first-order valence-electron chi connectivity index (χ1n) is 13.2. The van der Waals surface area contributed by atoms with Crippen LogP contribution in [0.1, 0.15) is 40.4 Å². The van der Waals surface area contributed by atoms with Crippen molar-refractivity contribution < 1.29 is 32.3 Å². The van der Waals surface area contributed by atoms with Crippen molar-refractivity contribution in [3.63, 3.8) is 0 Å². The zero-order valence-corrected chi connectivity index (χ0v) is 23.2. The average molecular weight is 579 g/mol. The third-order valence-electron chi connectivity index (χ3n) is 7.13. The molecule has 0 aliphatic carbocycles. The summed E-state index contributed by atoms with van der Waals surface area (Å²) in [6.45, 7) is 0.0706. The Morgan fingerprint density at radius 3 is 2.51 bits per heavy atom. The molecular formula is C29H30N4O7S. The summed E-state index contributed by atoms with van der Waals surface area (Å²) in [4.78, 5) is 46.0. The quantitative estimate of drug-likeness (QED) is 0.387. The van der Waals surface area contributed by atoms with E-state index in [0.717, 1.165) is 12.8 Å². The van der Waals surface area contributed by atoms with E-state index >= 15 is 0 Å². The minimum Gasteiger partial charge on any atom is -0.497 e. The predicted octanol–water partition coefficient (Wildman–Crippen LogP) is 2.30. The number of sulfonamides is 1. The lowest BCUT2D eigenvalue weighted by Gasteiger charge is -2.32. The summed E-state index contributed by atoms with van der Waals surface area (Å²) in [5.74, 6) is -1.37. The highest BCUT2D eigenvalue weighted by Gasteiger charge is 2.43. The van der Waals surface area contributed by atoms with E-state index in [9.17, 15) is 22.8 Å². The largest absolute Gasteiger partial charge is 0.497 e. The molecule has 3 heterocycles. The molecule has 1 aromatic heterocycles. The van der Waals surface area contributed by atoms with Crippen LogP contribution in [-0.4, -0.2) is 73.2 Å². The highest BCUT2D eigenvalue weighted by molar-refractivity contribution is 7.90. The third-order valence-corrected chi connectivity index (χ3v) is 8.92. The van der Waals surface area contributed by atoms with Crippen molar-refractivity contribution in [2.75, 3.05) is 26.8 Å². The molecule has 1 N–H and O–H groups in total. The molecule has 11 nitrogen and oxygen atoms in total. The first kappa shape index (κ1) is 28.2. The number of pyridine rings is 1. The van der Waals surface area contributed by atoms with Crippen molar-refractivity contribution in [3.05, 3.63) is 89.7 Å². The summed E-state index contributed by atoms with van der Waals surface area (Å²) in [6, 6.07) is 14.9. The fourth-order valence-corrected chi connectivity index (χ4v) is 6.51. The number of carbonyl (C=O) groups is 3. The van der Waals surface area contributed by atoms with E-state index in [1.54, 1.807) is 42.5 Å². The second-order valence-corrected chi connectivity index (χ2v) is 11.6. The summed E-state index contributed by atoms with van der Waals surface area (Å²) in [7, 11) is -2.71. The molecule has 0 saturated carbocycles. The minimum absolute atomic E-state index is 0.00185. The Labute approximate surface area is 238 Å². The van der Waals surface area contributed by atoms with Gasteiger partial charge in [0.05, 0.1) is 18.8 Å². The van der Waals surface area contributed by atoms with Gasteiger partial charge in [0, 0.05) is 32.1 Å². The van der Waals surface area contributed by atoms with Gasteiger partial charge in [-0.15, -0.1) is 0 Å². The Balaban J connectivity index is 1.49. The van der Waals surface area contributed by atoms with E-state index in [0.29, 0.717) is 27.8 Å². The summed E-state index contributed by atoms with van der Waals surface area (Å²) in [6.07, 6.45) is 4.60. The Bertz CT molecular complexity index is 1520. The van der Waals surface area contributed by atoms with Crippen molar-refractivity contribution in [1.82, 2.24) is 19.5 Å². The number of benzene rings is 2. The number of aromatic nitrogens is 1. The molecule has 1 fully saturated rings. The first-order valence-corrected chi connectivity index (χ1v) is 14.6. The lowest BCUT2D eigenvalue weighted by Crippen LogP contribution is -2.48. The highest BCUT2D eigenvalue weighted by atomic mass is 32.2. The molecule has 2 aliphatic heterocycles. The zero-order chi connectivity index (χ0) is 29.0. The van der Waals surface area contributed by atoms with Crippen LogP contribution < -0.4 is 10.1 Å². The smallest absolute Gasteiger partial charge is 0.269 e. The molecule has 5 rings (SSSR count). The SMILES string of the molecule is COc1ccc(CN(C(=O)CN2C(=O)c3ccccc3S2(=O)=O)[C@H](C(=O)NC[C@H]2CCCO2)c2ccncc2)cc1. The number of ether oxygens (including phenoxy) is 2. The average Bonchev–Trinajstić information content (AvgIpc) is 3.58. The van der Waals surface area contributed by atoms with Gasteiger partial charge >= 0.3 is 0 Å². The maximum atomic E-state index is 14.0. The molecule has 214 valence electrons. The van der Waals surface area contributed by atoms with Crippen LogP contribution in [0, 0.1) is 0 Å². The molecule has 12 heteroatoms. The van der Waals surface area contributed by atoms with E-state index < -0.39 is 40.3 Å². The fourth-order valence-electron chi connectivity index (χ4n) is 4.99. The summed E-state index contributed by atoms with van der Waals surface area (Å²) >= 11 is 0. The number of fused-ring (bicyclic) bond motifs is 1. The number of rotatable bonds is 10. The van der Waals surface area contributed by atoms with Gasteiger partial charge in [0.1, 0.15) is 23.2 Å². The van der Waals surface area contributed by atoms with Crippen molar-refractivity contribution >= 4 is 27.7 Å². The van der Waals surface area contributed by atoms with Gasteiger partial charge in [-0.2, -0.15) is 0 Å². The van der Waals surface area contributed by atoms with Gasteiger partial charge in [-0.05, 0) is 60.4 Å². The molecule has 0 bridgehead atoms. The number of nitrogens with zero attached hydrogens (tertiary/aromatic N) is 3. The van der Waals surface area contributed by atoms with Crippen LogP contribution in [0.4, 0.5) is 0 Å². The van der Waals surface area contributed by atoms with E-state index in [2.05, 4.69) is 10.3 Å². The second-order valence-electron chi connectivity index (χ2n) is 9.75. The van der Waals surface area contributed by atoms with Crippen molar-refractivity contribution in [2.45, 2.75) is 36.4 Å². The molecular weight excluding hydrogens is 548 g/mol. The van der Waals surface area contributed by atoms with Crippen LogP contribution in [0.15, 0.2) is 78.0 Å². The Hall–Kier alpha value is -4.29. The molecule has 0 unspecified atom stereocenters. The van der Waals surface area contributed by atoms with Crippen LogP contribution in [-0.2, 0) is 30.9 Å². The molecule has 41 heavy (non-hydrogen) atoms. The van der Waals surface area contributed by atoms with Crippen molar-refractivity contribution in [2.24, 2.45) is 0 Å². The zero-order valence-electron chi connectivity index (χ0n) is 22.4. The molecule has 2 aliphatic rings. The Kier molecular flexibility index (Phi) is 8.31. The topological polar surface area (TPSA) is 135 Å². The van der Waals surface area contributed by atoms with Crippen molar-refractivity contribution in [1.29, 1.82) is 0 Å². The molecule has 1 saturated heterocycles. The van der Waals surface area contributed by atoms with Gasteiger partial charge in [-0.25, -0.2) is 12.7 Å². The van der Waals surface area contributed by atoms with E-state index in [-0.39, 0.29) is 29.7 Å². The van der Waals surface area contributed by atoms with Gasteiger partial charge in [-0.3, -0.25) is 19.4 Å². The van der Waals surface area contributed by atoms with E-state index in [1.807, 2.05) is 0 Å². The number of hydrogen-bond donors (Lipinski definition) is 1. The maximum absolute atomic E-state index is 14.0. The normalized spacial score (nSPS) is 18.0. The first-order chi connectivity index (χ1) is 19.8. The molecule has 3 amide bonds. The Morgan fingerprint density at radius 1 is 1.12 bits per heavy atom. The number of carbonyl (C=O) groups excluding carboxylic acids is 3. The number of hydrogen-bond acceptors (Lipinski definition) is 8. The van der Waals surface area contributed by atoms with E-state index in [1.165, 1.54) is 42.6 Å². The third kappa shape index (κ3) is 5.93. The van der Waals surface area contributed by atoms with E-state index in [4.69, 9.17) is 9.47 Å². The number of amides is 3. The number of nitrogens with one attached hydrogen (secondary N) is 1. The molecule has 2 atom stereocenters. The monoisotopic (exact) mass is 578 g/mol. The van der Waals surface area contributed by atoms with Crippen LogP contribution >= 0.6 is 0 Å². The molecule has 0 spiro atoms. The molecule has 0 radical (unpaired) electrons. The summed E-state index contributed by atoms with van der Waals surface area (Å²) < 4.78 is 37.9. The van der Waals surface area contributed by atoms with Gasteiger partial charge in [0.25, 0.3) is 15.9 Å². The predicted molar refractivity (Wildman–Crippen MR) is 147 cm³/mol. The standard InChI is InChI=1S/C29H30N4O7S/c1-39-22-10-8-20(9-11-22)18-32(26(34)19-33-29(36)24-6-2-3-7-25(24)41(33,37)38)27(21-12-14-30-15-13-21)28(35)31-17-23-5-4-16-40-23/h2-3,6-15,23,27H,4-5,16-19H2,1H3,(H,31,35)/t23-,27+/m1/s1. The van der Waals surface area contributed by atoms with Crippen molar-refractivity contribution in [3.8, 4) is 5.75 Å². The highest BCUT2D eigenvalue weighted by Crippen LogP contribution is 2.31. The van der Waals surface area contributed by atoms with Gasteiger partial charge in [-0.1, -0.05) is 24.3 Å². The Morgan fingerprint density at radius 2 is 1.85 bits per heavy atom. The maximum Gasteiger partial charge on any atom is 0.269 e. The van der Waals surface area contributed by atoms with Crippen LogP contribution in [0.3, 0.4) is 0 Å². The molecule has 3 aromatic rings. The number of methoxy groups -OCH3 is 1. The summed E-state index contributed by atoms with van der Waals surface area (Å²) in [5.41, 5.74) is 1.15.